The molecule has 0 bridgehead atoms. The third-order valence-electron chi connectivity index (χ3n) is 4.91. The molecule has 1 amide bonds. The van der Waals surface area contributed by atoms with Crippen LogP contribution in [0.25, 0.3) is 11.1 Å². The Bertz CT molecular complexity index is 900. The van der Waals surface area contributed by atoms with Crippen LogP contribution in [0.3, 0.4) is 0 Å². The number of benzene rings is 2. The summed E-state index contributed by atoms with van der Waals surface area (Å²) in [5.74, 6) is 1.60. The summed E-state index contributed by atoms with van der Waals surface area (Å²) < 4.78 is 5.35. The predicted octanol–water partition coefficient (Wildman–Crippen LogP) is 4.28. The molecule has 1 aliphatic rings. The molecule has 0 atom stereocenters. The van der Waals surface area contributed by atoms with Gasteiger partial charge in [0.2, 0.25) is 5.89 Å². The van der Waals surface area contributed by atoms with Crippen LogP contribution < -0.4 is 0 Å². The fourth-order valence-corrected chi connectivity index (χ4v) is 3.18. The number of rotatable bonds is 5. The maximum atomic E-state index is 13.0. The molecule has 5 nitrogen and oxygen atoms in total. The largest absolute Gasteiger partial charge is 0.339 e. The van der Waals surface area contributed by atoms with Gasteiger partial charge in [-0.3, -0.25) is 4.79 Å². The molecule has 1 saturated carbocycles. The second-order valence-electron chi connectivity index (χ2n) is 6.75. The molecule has 3 aromatic rings. The van der Waals surface area contributed by atoms with Crippen molar-refractivity contribution >= 4 is 5.91 Å². The molecule has 1 fully saturated rings. The van der Waals surface area contributed by atoms with Gasteiger partial charge in [-0.2, -0.15) is 4.98 Å². The third-order valence-corrected chi connectivity index (χ3v) is 4.91. The van der Waals surface area contributed by atoms with Gasteiger partial charge in [-0.1, -0.05) is 60.1 Å². The number of carbonyl (C=O) groups excluding carboxylic acids is 1. The minimum atomic E-state index is -0.0561. The van der Waals surface area contributed by atoms with E-state index in [2.05, 4.69) is 10.1 Å². The van der Waals surface area contributed by atoms with Crippen molar-refractivity contribution in [3.63, 3.8) is 0 Å². The normalized spacial score (nSPS) is 14.0. The highest BCUT2D eigenvalue weighted by atomic mass is 16.5. The first-order chi connectivity index (χ1) is 12.7. The molecule has 1 aliphatic carbocycles. The van der Waals surface area contributed by atoms with E-state index in [0.717, 1.165) is 24.0 Å². The van der Waals surface area contributed by atoms with Crippen LogP contribution >= 0.6 is 0 Å². The number of carbonyl (C=O) groups is 1. The van der Waals surface area contributed by atoms with Gasteiger partial charge in [0.05, 0.1) is 6.54 Å². The summed E-state index contributed by atoms with van der Waals surface area (Å²) >= 11 is 0. The van der Waals surface area contributed by atoms with Gasteiger partial charge in [-0.25, -0.2) is 0 Å². The van der Waals surface area contributed by atoms with Gasteiger partial charge in [0, 0.05) is 18.5 Å². The number of hydrogen-bond acceptors (Lipinski definition) is 4. The van der Waals surface area contributed by atoms with E-state index in [1.165, 1.54) is 6.42 Å². The van der Waals surface area contributed by atoms with Crippen LogP contribution in [-0.4, -0.2) is 28.0 Å². The van der Waals surface area contributed by atoms with Gasteiger partial charge in [-0.05, 0) is 30.0 Å². The smallest absolute Gasteiger partial charge is 0.254 e. The molecule has 0 spiro atoms. The van der Waals surface area contributed by atoms with Gasteiger partial charge in [0.25, 0.3) is 5.91 Å². The lowest BCUT2D eigenvalue weighted by atomic mass is 9.85. The Kier molecular flexibility index (Phi) is 4.52. The molecule has 2 aromatic carbocycles. The quantitative estimate of drug-likeness (QED) is 0.691. The Hall–Kier alpha value is -2.95. The summed E-state index contributed by atoms with van der Waals surface area (Å²) in [6, 6.07) is 17.6. The number of nitrogens with zero attached hydrogens (tertiary/aromatic N) is 3. The molecule has 4 rings (SSSR count). The molecule has 0 radical (unpaired) electrons. The zero-order valence-corrected chi connectivity index (χ0v) is 14.8. The molecule has 1 heterocycles. The lowest BCUT2D eigenvalue weighted by Gasteiger charge is -2.20. The standard InChI is InChI=1S/C21H21N3O2/c1-24(14-19-22-20(26-23-19)16-10-7-11-16)21(25)18-13-6-5-12-17(18)15-8-3-2-4-9-15/h2-6,8-9,12-13,16H,7,10-11,14H2,1H3. The van der Waals surface area contributed by atoms with Gasteiger partial charge in [-0.15, -0.1) is 0 Å². The van der Waals surface area contributed by atoms with Crippen molar-refractivity contribution in [1.82, 2.24) is 15.0 Å². The molecule has 132 valence electrons. The van der Waals surface area contributed by atoms with E-state index in [1.54, 1.807) is 11.9 Å². The third kappa shape index (κ3) is 3.25. The fraction of sp³-hybridized carbons (Fsp3) is 0.286. The topological polar surface area (TPSA) is 59.2 Å². The van der Waals surface area contributed by atoms with Gasteiger partial charge >= 0.3 is 0 Å². The Morgan fingerprint density at radius 3 is 2.58 bits per heavy atom. The zero-order chi connectivity index (χ0) is 17.9. The van der Waals surface area contributed by atoms with Crippen molar-refractivity contribution in [1.29, 1.82) is 0 Å². The van der Waals surface area contributed by atoms with Crippen molar-refractivity contribution in [2.45, 2.75) is 31.7 Å². The molecular weight excluding hydrogens is 326 g/mol. The summed E-state index contributed by atoms with van der Waals surface area (Å²) in [5.41, 5.74) is 2.62. The van der Waals surface area contributed by atoms with Gasteiger partial charge in [0.1, 0.15) is 0 Å². The van der Waals surface area contributed by atoms with Crippen molar-refractivity contribution in [3.8, 4) is 11.1 Å². The van der Waals surface area contributed by atoms with Crippen LogP contribution in [0.4, 0.5) is 0 Å². The van der Waals surface area contributed by atoms with Gasteiger partial charge in [0.15, 0.2) is 5.82 Å². The zero-order valence-electron chi connectivity index (χ0n) is 14.8. The summed E-state index contributed by atoms with van der Waals surface area (Å²) in [7, 11) is 1.77. The molecule has 0 unspecified atom stereocenters. The molecular formula is C21H21N3O2. The summed E-state index contributed by atoms with van der Waals surface area (Å²) in [4.78, 5) is 19.1. The minimum Gasteiger partial charge on any atom is -0.339 e. The van der Waals surface area contributed by atoms with Crippen LogP contribution in [-0.2, 0) is 6.54 Å². The lowest BCUT2D eigenvalue weighted by Crippen LogP contribution is -2.27. The highest BCUT2D eigenvalue weighted by Crippen LogP contribution is 2.35. The molecule has 0 aliphatic heterocycles. The van der Waals surface area contributed by atoms with E-state index < -0.39 is 0 Å². The summed E-state index contributed by atoms with van der Waals surface area (Å²) in [5, 5.41) is 4.04. The Balaban J connectivity index is 1.53. The van der Waals surface area contributed by atoms with Crippen molar-refractivity contribution in [3.05, 3.63) is 71.9 Å². The average molecular weight is 347 g/mol. The maximum absolute atomic E-state index is 13.0. The fourth-order valence-electron chi connectivity index (χ4n) is 3.18. The first-order valence-electron chi connectivity index (χ1n) is 8.95. The number of amides is 1. The SMILES string of the molecule is CN(Cc1noc(C2CCC2)n1)C(=O)c1ccccc1-c1ccccc1. The first kappa shape index (κ1) is 16.5. The van der Waals surface area contributed by atoms with E-state index in [9.17, 15) is 4.79 Å². The van der Waals surface area contributed by atoms with Crippen molar-refractivity contribution in [2.24, 2.45) is 0 Å². The monoisotopic (exact) mass is 347 g/mol. The first-order valence-corrected chi connectivity index (χ1v) is 8.95. The maximum Gasteiger partial charge on any atom is 0.254 e. The van der Waals surface area contributed by atoms with E-state index in [-0.39, 0.29) is 5.91 Å². The highest BCUT2D eigenvalue weighted by molar-refractivity contribution is 6.00. The molecule has 1 aromatic heterocycles. The molecule has 0 N–H and O–H groups in total. The Morgan fingerprint density at radius 1 is 1.12 bits per heavy atom. The number of aromatic nitrogens is 2. The van der Waals surface area contributed by atoms with Crippen LogP contribution in [0, 0.1) is 0 Å². The molecule has 5 heteroatoms. The van der Waals surface area contributed by atoms with E-state index in [1.807, 2.05) is 54.6 Å². The van der Waals surface area contributed by atoms with Crippen molar-refractivity contribution in [2.75, 3.05) is 7.05 Å². The highest BCUT2D eigenvalue weighted by Gasteiger charge is 2.26. The number of hydrogen-bond donors (Lipinski definition) is 0. The predicted molar refractivity (Wildman–Crippen MR) is 98.6 cm³/mol. The summed E-state index contributed by atoms with van der Waals surface area (Å²) in [6.45, 7) is 0.332. The van der Waals surface area contributed by atoms with Crippen LogP contribution in [0.5, 0.6) is 0 Å². The lowest BCUT2D eigenvalue weighted by molar-refractivity contribution is 0.0781. The minimum absolute atomic E-state index is 0.0561. The van der Waals surface area contributed by atoms with Crippen LogP contribution in [0.1, 0.15) is 47.3 Å². The van der Waals surface area contributed by atoms with Crippen LogP contribution in [0.15, 0.2) is 59.1 Å². The van der Waals surface area contributed by atoms with Gasteiger partial charge < -0.3 is 9.42 Å². The van der Waals surface area contributed by atoms with Crippen LogP contribution in [0.2, 0.25) is 0 Å². The van der Waals surface area contributed by atoms with Crippen molar-refractivity contribution < 1.29 is 9.32 Å². The van der Waals surface area contributed by atoms with E-state index >= 15 is 0 Å². The van der Waals surface area contributed by atoms with E-state index in [0.29, 0.717) is 29.7 Å². The Labute approximate surface area is 152 Å². The second-order valence-corrected chi connectivity index (χ2v) is 6.75. The summed E-state index contributed by atoms with van der Waals surface area (Å²) in [6.07, 6.45) is 3.44. The Morgan fingerprint density at radius 2 is 1.85 bits per heavy atom. The van der Waals surface area contributed by atoms with E-state index in [4.69, 9.17) is 4.52 Å². The molecule has 26 heavy (non-hydrogen) atoms. The second kappa shape index (κ2) is 7.12. The molecule has 0 saturated heterocycles. The average Bonchev–Trinajstić information content (AvgIpc) is 3.08.